The number of carbonyl (C=O) groups excluding carboxylic acids is 1. The van der Waals surface area contributed by atoms with Crippen LogP contribution in [0.3, 0.4) is 0 Å². The van der Waals surface area contributed by atoms with Gasteiger partial charge in [-0.1, -0.05) is 0 Å². The molecule has 9 heteroatoms. The van der Waals surface area contributed by atoms with Gasteiger partial charge in [-0.25, -0.2) is 4.79 Å². The summed E-state index contributed by atoms with van der Waals surface area (Å²) in [7, 11) is 0. The number of hydrogen-bond acceptors (Lipinski definition) is 9. The monoisotopic (exact) mass is 488 g/mol. The topological polar surface area (TPSA) is 136 Å². The van der Waals surface area contributed by atoms with E-state index in [-0.39, 0.29) is 12.7 Å². The molecule has 190 valence electrons. The molecule has 0 amide bonds. The molecule has 0 radical (unpaired) electrons. The third-order valence-electron chi connectivity index (χ3n) is 11.0. The lowest BCUT2D eigenvalue weighted by Crippen LogP contribution is -2.83. The number of fused-ring (bicyclic) bond motifs is 3. The van der Waals surface area contributed by atoms with Crippen molar-refractivity contribution in [3.05, 3.63) is 34.4 Å². The average Bonchev–Trinajstić information content (AvgIpc) is 3.09. The van der Waals surface area contributed by atoms with Crippen molar-refractivity contribution in [2.24, 2.45) is 22.7 Å². The van der Waals surface area contributed by atoms with Crippen LogP contribution in [0, 0.1) is 22.7 Å². The SMILES string of the molecule is C[C@@]12O[C@H]3C[C@@H](O1)[C@]1(CO)[C@H]4C(O)C(=O)[C@]5(C)[C@@H](c6ccc(=O)oc6)CC[C@]5(O)[C@@H]4CC[C@@]1(C3)O2. The Bertz CT molecular complexity index is 1150. The largest absolute Gasteiger partial charge is 0.431 e. The molecule has 7 aliphatic rings. The first-order valence-electron chi connectivity index (χ1n) is 12.7. The number of ether oxygens (including phenoxy) is 3. The van der Waals surface area contributed by atoms with Crippen LogP contribution in [0.5, 0.6) is 0 Å². The molecule has 3 aliphatic heterocycles. The quantitative estimate of drug-likeness (QED) is 0.561. The average molecular weight is 489 g/mol. The lowest BCUT2D eigenvalue weighted by molar-refractivity contribution is -0.553. The molecule has 3 N–H and O–H groups in total. The zero-order valence-electron chi connectivity index (χ0n) is 19.9. The van der Waals surface area contributed by atoms with Gasteiger partial charge in [0.25, 0.3) is 5.97 Å². The number of hydrogen-bond donors (Lipinski definition) is 3. The van der Waals surface area contributed by atoms with Crippen molar-refractivity contribution in [1.82, 2.24) is 0 Å². The molecule has 11 atom stereocenters. The summed E-state index contributed by atoms with van der Waals surface area (Å²) in [6.45, 7) is 3.17. The standard InChI is InChI=1S/C26H32O9/c1-22-15(13-3-4-18(28)32-11-13)6-8-26(22,31)16-5-7-24-10-14-9-17(34-23(2,33-14)35-24)25(24,12-27)19(16)20(29)21(22)30/h3-4,11,14-17,19-20,27,29,31H,5-10,12H2,1-2H3/t14-,15+,16+,17+,19+,20?,22-,23+,24-,25+,26-/m0/s1. The number of aliphatic hydroxyl groups is 3. The van der Waals surface area contributed by atoms with Gasteiger partial charge in [-0.3, -0.25) is 4.79 Å². The second-order valence-electron chi connectivity index (χ2n) is 12.0. The Morgan fingerprint density at radius 1 is 1.11 bits per heavy atom. The van der Waals surface area contributed by atoms with Crippen molar-refractivity contribution in [2.75, 3.05) is 6.61 Å². The summed E-state index contributed by atoms with van der Waals surface area (Å²) in [4.78, 5) is 25.7. The highest BCUT2D eigenvalue weighted by Gasteiger charge is 2.81. The van der Waals surface area contributed by atoms with Gasteiger partial charge in [0.2, 0.25) is 0 Å². The second-order valence-corrected chi connectivity index (χ2v) is 12.0. The molecule has 9 nitrogen and oxygen atoms in total. The Kier molecular flexibility index (Phi) is 4.27. The number of ketones is 1. The van der Waals surface area contributed by atoms with Crippen LogP contribution in [0.15, 0.2) is 27.6 Å². The Hall–Kier alpha value is -1.62. The van der Waals surface area contributed by atoms with E-state index in [0.717, 1.165) is 0 Å². The summed E-state index contributed by atoms with van der Waals surface area (Å²) in [5.41, 5.74) is -4.31. The van der Waals surface area contributed by atoms with Crippen LogP contribution in [0.2, 0.25) is 0 Å². The van der Waals surface area contributed by atoms with E-state index in [9.17, 15) is 24.9 Å². The van der Waals surface area contributed by atoms with Gasteiger partial charge >= 0.3 is 5.63 Å². The predicted molar refractivity (Wildman–Crippen MR) is 118 cm³/mol. The van der Waals surface area contributed by atoms with E-state index in [4.69, 9.17) is 18.6 Å². The molecule has 0 aromatic carbocycles. The van der Waals surface area contributed by atoms with Crippen molar-refractivity contribution < 1.29 is 38.7 Å². The van der Waals surface area contributed by atoms with E-state index in [0.29, 0.717) is 44.1 Å². The van der Waals surface area contributed by atoms with E-state index in [2.05, 4.69) is 0 Å². The Balaban J connectivity index is 1.36. The minimum absolute atomic E-state index is 0.0721. The molecule has 3 saturated heterocycles. The summed E-state index contributed by atoms with van der Waals surface area (Å²) < 4.78 is 23.7. The fourth-order valence-electron chi connectivity index (χ4n) is 9.68. The van der Waals surface area contributed by atoms with Crippen molar-refractivity contribution in [3.63, 3.8) is 0 Å². The summed E-state index contributed by atoms with van der Waals surface area (Å²) in [6.07, 6.45) is 2.57. The molecule has 1 aromatic rings. The Morgan fingerprint density at radius 3 is 2.60 bits per heavy atom. The number of carbonyl (C=O) groups is 1. The lowest BCUT2D eigenvalue weighted by Gasteiger charge is -2.74. The summed E-state index contributed by atoms with van der Waals surface area (Å²) in [6, 6.07) is 2.96. The Labute approximate surface area is 202 Å². The maximum atomic E-state index is 14.1. The molecule has 7 fully saturated rings. The molecule has 35 heavy (non-hydrogen) atoms. The first-order chi connectivity index (χ1) is 16.5. The van der Waals surface area contributed by atoms with E-state index >= 15 is 0 Å². The third-order valence-corrected chi connectivity index (χ3v) is 11.0. The molecular formula is C26H32O9. The molecule has 4 bridgehead atoms. The molecule has 1 spiro atoms. The maximum Gasteiger partial charge on any atom is 0.335 e. The number of Topliss-reactive ketones (excluding diaryl/α,β-unsaturated/α-hetero) is 1. The van der Waals surface area contributed by atoms with Crippen LogP contribution in [0.4, 0.5) is 0 Å². The molecule has 1 unspecified atom stereocenters. The molecular weight excluding hydrogens is 456 g/mol. The molecule has 4 aliphatic carbocycles. The first kappa shape index (κ1) is 22.6. The van der Waals surface area contributed by atoms with Crippen molar-refractivity contribution in [2.45, 2.75) is 93.8 Å². The van der Waals surface area contributed by atoms with Gasteiger partial charge in [0.15, 0.2) is 5.78 Å². The van der Waals surface area contributed by atoms with Crippen LogP contribution in [-0.4, -0.2) is 63.2 Å². The van der Waals surface area contributed by atoms with E-state index in [1.165, 1.54) is 12.3 Å². The summed E-state index contributed by atoms with van der Waals surface area (Å²) >= 11 is 0. The van der Waals surface area contributed by atoms with Crippen molar-refractivity contribution in [3.8, 4) is 0 Å². The lowest BCUT2D eigenvalue weighted by atomic mass is 9.39. The van der Waals surface area contributed by atoms with Gasteiger partial charge < -0.3 is 33.9 Å². The van der Waals surface area contributed by atoms with Crippen molar-refractivity contribution in [1.29, 1.82) is 0 Å². The smallest absolute Gasteiger partial charge is 0.335 e. The minimum atomic E-state index is -1.40. The zero-order valence-corrected chi connectivity index (χ0v) is 19.9. The maximum absolute atomic E-state index is 14.1. The van der Waals surface area contributed by atoms with Gasteiger partial charge in [0.05, 0.1) is 47.1 Å². The first-order valence-corrected chi connectivity index (χ1v) is 12.7. The molecule has 1 aromatic heterocycles. The Morgan fingerprint density at radius 2 is 1.91 bits per heavy atom. The number of aliphatic hydroxyl groups excluding tert-OH is 2. The van der Waals surface area contributed by atoms with Gasteiger partial charge in [0, 0.05) is 37.7 Å². The van der Waals surface area contributed by atoms with E-state index in [1.807, 2.05) is 0 Å². The van der Waals surface area contributed by atoms with Gasteiger partial charge in [-0.05, 0) is 50.2 Å². The van der Waals surface area contributed by atoms with Gasteiger partial charge in [-0.15, -0.1) is 0 Å². The molecule has 8 rings (SSSR count). The third kappa shape index (κ3) is 2.37. The highest BCUT2D eigenvalue weighted by Crippen LogP contribution is 2.73. The van der Waals surface area contributed by atoms with Crippen LogP contribution in [-0.2, 0) is 19.0 Å². The van der Waals surface area contributed by atoms with Crippen LogP contribution in [0.25, 0.3) is 0 Å². The summed E-state index contributed by atoms with van der Waals surface area (Å²) in [5, 5.41) is 35.2. The second kappa shape index (κ2) is 6.62. The van der Waals surface area contributed by atoms with E-state index in [1.54, 1.807) is 19.9 Å². The fourth-order valence-corrected chi connectivity index (χ4v) is 9.68. The number of rotatable bonds is 2. The van der Waals surface area contributed by atoms with Crippen LogP contribution < -0.4 is 5.63 Å². The van der Waals surface area contributed by atoms with Crippen LogP contribution in [0.1, 0.15) is 63.9 Å². The normalized spacial score (nSPS) is 56.0. The van der Waals surface area contributed by atoms with Gasteiger partial charge in [0.1, 0.15) is 6.10 Å². The van der Waals surface area contributed by atoms with E-state index < -0.39 is 69.4 Å². The summed E-state index contributed by atoms with van der Waals surface area (Å²) in [5.74, 6) is -3.19. The zero-order chi connectivity index (χ0) is 24.6. The van der Waals surface area contributed by atoms with Gasteiger partial charge in [-0.2, -0.15) is 0 Å². The highest BCUT2D eigenvalue weighted by atomic mass is 16.9. The minimum Gasteiger partial charge on any atom is -0.431 e. The fraction of sp³-hybridized carbons (Fsp3) is 0.769. The predicted octanol–water partition coefficient (Wildman–Crippen LogP) is 1.22. The van der Waals surface area contributed by atoms with Crippen LogP contribution >= 0.6 is 0 Å². The highest BCUT2D eigenvalue weighted by molar-refractivity contribution is 5.93. The molecule has 4 heterocycles. The molecule has 4 saturated carbocycles. The van der Waals surface area contributed by atoms with Crippen molar-refractivity contribution >= 4 is 5.78 Å².